The molecule has 2 unspecified atom stereocenters. The Balaban J connectivity index is 2.47. The van der Waals surface area contributed by atoms with Crippen LogP contribution in [0.4, 0.5) is 0 Å². The van der Waals surface area contributed by atoms with Gasteiger partial charge in [-0.25, -0.2) is 5.43 Å². The van der Waals surface area contributed by atoms with Crippen molar-refractivity contribution in [3.05, 3.63) is 0 Å². The Labute approximate surface area is 68.9 Å². The molecule has 0 bridgehead atoms. The molecule has 0 heterocycles. The van der Waals surface area contributed by atoms with Crippen molar-refractivity contribution in [3.8, 4) is 0 Å². The fraction of sp³-hybridized carbons (Fsp3) is 1.00. The van der Waals surface area contributed by atoms with Gasteiger partial charge in [-0.3, -0.25) is 5.01 Å². The smallest absolute Gasteiger partial charge is 0.0473 e. The van der Waals surface area contributed by atoms with Gasteiger partial charge in [0.05, 0.1) is 0 Å². The minimum atomic E-state index is 0.198. The van der Waals surface area contributed by atoms with Gasteiger partial charge in [0.25, 0.3) is 0 Å². The van der Waals surface area contributed by atoms with Gasteiger partial charge in [0.15, 0.2) is 0 Å². The van der Waals surface area contributed by atoms with Gasteiger partial charge in [-0.2, -0.15) is 0 Å². The van der Waals surface area contributed by atoms with Crippen molar-refractivity contribution in [1.29, 1.82) is 0 Å². The van der Waals surface area contributed by atoms with E-state index in [1.54, 1.807) is 0 Å². The fourth-order valence-corrected chi connectivity index (χ4v) is 1.74. The van der Waals surface area contributed by atoms with Gasteiger partial charge in [0.2, 0.25) is 0 Å². The maximum absolute atomic E-state index is 5.72. The van der Waals surface area contributed by atoms with Crippen LogP contribution < -0.4 is 11.2 Å². The quantitative estimate of drug-likeness (QED) is 0.574. The van der Waals surface area contributed by atoms with Crippen LogP contribution >= 0.6 is 0 Å². The van der Waals surface area contributed by atoms with Crippen LogP contribution in [-0.2, 0) is 0 Å². The summed E-state index contributed by atoms with van der Waals surface area (Å²) in [5, 5.41) is 2.00. The topological polar surface area (TPSA) is 41.3 Å². The zero-order valence-electron chi connectivity index (χ0n) is 7.72. The van der Waals surface area contributed by atoms with Crippen molar-refractivity contribution in [1.82, 2.24) is 10.4 Å². The Hall–Kier alpha value is -0.120. The lowest BCUT2D eigenvalue weighted by molar-refractivity contribution is 0.0338. The highest BCUT2D eigenvalue weighted by Gasteiger charge is 2.42. The highest BCUT2D eigenvalue weighted by Crippen LogP contribution is 2.37. The lowest BCUT2D eigenvalue weighted by atomic mass is 9.68. The standard InChI is InChI=1S/C8H19N3/c1-7-4-5-8(7,6-9)10-11(2)3/h7,10H,4-6,9H2,1-3H3. The Bertz CT molecular complexity index is 131. The molecule has 3 heteroatoms. The third-order valence-electron chi connectivity index (χ3n) is 2.78. The van der Waals surface area contributed by atoms with Gasteiger partial charge in [0, 0.05) is 26.2 Å². The minimum absolute atomic E-state index is 0.198. The molecule has 0 aromatic heterocycles. The van der Waals surface area contributed by atoms with Gasteiger partial charge < -0.3 is 5.73 Å². The molecule has 0 aliphatic heterocycles. The van der Waals surface area contributed by atoms with Gasteiger partial charge in [-0.15, -0.1) is 0 Å². The normalized spacial score (nSPS) is 37.4. The van der Waals surface area contributed by atoms with E-state index < -0.39 is 0 Å². The SMILES string of the molecule is CC1CCC1(CN)NN(C)C. The first-order valence-electron chi connectivity index (χ1n) is 4.26. The average molecular weight is 157 g/mol. The molecule has 1 rings (SSSR count). The average Bonchev–Trinajstić information content (AvgIpc) is 1.96. The van der Waals surface area contributed by atoms with Crippen molar-refractivity contribution < 1.29 is 0 Å². The molecule has 11 heavy (non-hydrogen) atoms. The summed E-state index contributed by atoms with van der Waals surface area (Å²) in [4.78, 5) is 0. The first kappa shape index (κ1) is 8.97. The number of nitrogens with zero attached hydrogens (tertiary/aromatic N) is 1. The number of nitrogens with two attached hydrogens (primary N) is 1. The second kappa shape index (κ2) is 3.09. The van der Waals surface area contributed by atoms with E-state index in [4.69, 9.17) is 5.73 Å². The van der Waals surface area contributed by atoms with E-state index in [0.717, 1.165) is 12.5 Å². The van der Waals surface area contributed by atoms with Crippen LogP contribution in [0.5, 0.6) is 0 Å². The third kappa shape index (κ3) is 1.55. The van der Waals surface area contributed by atoms with Crippen LogP contribution in [0.2, 0.25) is 0 Å². The highest BCUT2D eigenvalue weighted by molar-refractivity contribution is 5.00. The van der Waals surface area contributed by atoms with E-state index in [2.05, 4.69) is 12.3 Å². The van der Waals surface area contributed by atoms with Gasteiger partial charge >= 0.3 is 0 Å². The Morgan fingerprint density at radius 3 is 2.36 bits per heavy atom. The van der Waals surface area contributed by atoms with Crippen LogP contribution in [0.15, 0.2) is 0 Å². The molecule has 1 aliphatic rings. The van der Waals surface area contributed by atoms with Crippen molar-refractivity contribution in [2.75, 3.05) is 20.6 Å². The van der Waals surface area contributed by atoms with Crippen LogP contribution in [0, 0.1) is 5.92 Å². The first-order chi connectivity index (χ1) is 5.10. The van der Waals surface area contributed by atoms with Crippen molar-refractivity contribution in [2.45, 2.75) is 25.3 Å². The number of hydrazine groups is 1. The summed E-state index contributed by atoms with van der Waals surface area (Å²) >= 11 is 0. The van der Waals surface area contributed by atoms with E-state index in [1.807, 2.05) is 19.1 Å². The molecule has 1 fully saturated rings. The monoisotopic (exact) mass is 157 g/mol. The second-order valence-electron chi connectivity index (χ2n) is 3.81. The largest absolute Gasteiger partial charge is 0.329 e. The first-order valence-corrected chi connectivity index (χ1v) is 4.26. The predicted molar refractivity (Wildman–Crippen MR) is 47.0 cm³/mol. The van der Waals surface area contributed by atoms with Crippen LogP contribution in [0.25, 0.3) is 0 Å². The Morgan fingerprint density at radius 1 is 1.64 bits per heavy atom. The van der Waals surface area contributed by atoms with E-state index in [0.29, 0.717) is 0 Å². The van der Waals surface area contributed by atoms with Crippen molar-refractivity contribution in [3.63, 3.8) is 0 Å². The fourth-order valence-electron chi connectivity index (χ4n) is 1.74. The predicted octanol–water partition coefficient (Wildman–Crippen LogP) is 0.180. The maximum Gasteiger partial charge on any atom is 0.0473 e. The number of hydrogen-bond donors (Lipinski definition) is 2. The number of hydrogen-bond acceptors (Lipinski definition) is 3. The number of nitrogens with one attached hydrogen (secondary N) is 1. The van der Waals surface area contributed by atoms with Gasteiger partial charge in [-0.1, -0.05) is 6.92 Å². The molecular weight excluding hydrogens is 138 g/mol. The van der Waals surface area contributed by atoms with Crippen LogP contribution in [0.3, 0.4) is 0 Å². The van der Waals surface area contributed by atoms with Gasteiger partial charge in [0.1, 0.15) is 0 Å². The summed E-state index contributed by atoms with van der Waals surface area (Å²) in [6.07, 6.45) is 2.51. The van der Waals surface area contributed by atoms with E-state index >= 15 is 0 Å². The molecule has 2 atom stereocenters. The molecule has 66 valence electrons. The zero-order chi connectivity index (χ0) is 8.48. The van der Waals surface area contributed by atoms with E-state index in [1.165, 1.54) is 12.8 Å². The summed E-state index contributed by atoms with van der Waals surface area (Å²) in [5.74, 6) is 0.717. The lowest BCUT2D eigenvalue weighted by Crippen LogP contribution is -2.65. The summed E-state index contributed by atoms with van der Waals surface area (Å²) in [6.45, 7) is 3.00. The Morgan fingerprint density at radius 2 is 2.27 bits per heavy atom. The van der Waals surface area contributed by atoms with Crippen LogP contribution in [-0.4, -0.2) is 31.2 Å². The summed E-state index contributed by atoms with van der Waals surface area (Å²) in [7, 11) is 4.03. The van der Waals surface area contributed by atoms with Crippen molar-refractivity contribution in [2.24, 2.45) is 11.7 Å². The molecule has 0 radical (unpaired) electrons. The summed E-state index contributed by atoms with van der Waals surface area (Å²) in [6, 6.07) is 0. The molecule has 0 spiro atoms. The highest BCUT2D eigenvalue weighted by atomic mass is 15.5. The van der Waals surface area contributed by atoms with Crippen molar-refractivity contribution >= 4 is 0 Å². The minimum Gasteiger partial charge on any atom is -0.329 e. The molecule has 0 aromatic carbocycles. The Kier molecular flexibility index (Phi) is 2.52. The molecule has 1 saturated carbocycles. The van der Waals surface area contributed by atoms with E-state index in [9.17, 15) is 0 Å². The maximum atomic E-state index is 5.72. The molecule has 0 aromatic rings. The molecule has 3 N–H and O–H groups in total. The molecule has 3 nitrogen and oxygen atoms in total. The van der Waals surface area contributed by atoms with Gasteiger partial charge in [-0.05, 0) is 18.8 Å². The molecule has 0 saturated heterocycles. The lowest BCUT2D eigenvalue weighted by Gasteiger charge is -2.49. The summed E-state index contributed by atoms with van der Waals surface area (Å²) in [5.41, 5.74) is 9.32. The van der Waals surface area contributed by atoms with Crippen LogP contribution in [0.1, 0.15) is 19.8 Å². The number of rotatable bonds is 3. The zero-order valence-corrected chi connectivity index (χ0v) is 7.72. The molecule has 0 amide bonds. The second-order valence-corrected chi connectivity index (χ2v) is 3.81. The molecule has 1 aliphatic carbocycles. The molecular formula is C8H19N3. The van der Waals surface area contributed by atoms with E-state index in [-0.39, 0.29) is 5.54 Å². The third-order valence-corrected chi connectivity index (χ3v) is 2.78. The summed E-state index contributed by atoms with van der Waals surface area (Å²) < 4.78 is 0.